The van der Waals surface area contributed by atoms with E-state index in [0.29, 0.717) is 28.6 Å². The van der Waals surface area contributed by atoms with Gasteiger partial charge in [-0.1, -0.05) is 49.4 Å². The first kappa shape index (κ1) is 34.8. The lowest BCUT2D eigenvalue weighted by Gasteiger charge is -2.35. The Bertz CT molecular complexity index is 1900. The molecule has 2 aliphatic carbocycles. The summed E-state index contributed by atoms with van der Waals surface area (Å²) in [4.78, 5) is 19.2. The number of hydrogen-bond donors (Lipinski definition) is 1. The molecule has 0 bridgehead atoms. The van der Waals surface area contributed by atoms with Crippen LogP contribution in [0.1, 0.15) is 68.2 Å². The highest BCUT2D eigenvalue weighted by atomic mass is 19.3. The largest absolute Gasteiger partial charge is 0.369 e. The fourth-order valence-electron chi connectivity index (χ4n) is 7.19. The van der Waals surface area contributed by atoms with Crippen LogP contribution in [0, 0.1) is 18.2 Å². The number of benzene rings is 2. The van der Waals surface area contributed by atoms with E-state index in [1.54, 1.807) is 13.3 Å². The molecule has 2 heterocycles. The van der Waals surface area contributed by atoms with Gasteiger partial charge in [0, 0.05) is 72.8 Å². The number of aromatic nitrogens is 1. The number of nitrogens with zero attached hydrogens (tertiary/aromatic N) is 3. The Kier molecular flexibility index (Phi) is 10.2. The maximum absolute atomic E-state index is 15.4. The topological polar surface area (TPSA) is 49.7 Å². The van der Waals surface area contributed by atoms with Crippen LogP contribution < -0.4 is 15.6 Å². The van der Waals surface area contributed by atoms with Crippen molar-refractivity contribution in [1.82, 2.24) is 14.8 Å². The van der Waals surface area contributed by atoms with Crippen LogP contribution in [0.25, 0.3) is 16.6 Å². The van der Waals surface area contributed by atoms with Crippen LogP contribution in [0.2, 0.25) is 0 Å². The zero-order chi connectivity index (χ0) is 34.9. The van der Waals surface area contributed by atoms with E-state index >= 15 is 4.39 Å². The normalized spacial score (nSPS) is 18.8. The second-order valence-electron chi connectivity index (χ2n) is 13.7. The molecule has 3 aliphatic rings. The predicted molar refractivity (Wildman–Crippen MR) is 193 cm³/mol. The van der Waals surface area contributed by atoms with Crippen LogP contribution in [0.15, 0.2) is 82.8 Å². The number of likely N-dealkylation sites (N-methyl/N-ethyl adjacent to an activating group) is 1. The molecule has 2 fully saturated rings. The van der Waals surface area contributed by atoms with Gasteiger partial charge in [0.05, 0.1) is 17.6 Å². The highest BCUT2D eigenvalue weighted by Gasteiger charge is 2.52. The molecule has 9 heteroatoms. The van der Waals surface area contributed by atoms with Crippen molar-refractivity contribution in [2.45, 2.75) is 65.7 Å². The molecule has 260 valence electrons. The number of methoxy groups -OCH3 is 1. The van der Waals surface area contributed by atoms with Gasteiger partial charge in [0.1, 0.15) is 12.0 Å². The summed E-state index contributed by atoms with van der Waals surface area (Å²) >= 11 is 0. The minimum Gasteiger partial charge on any atom is -0.369 e. The second-order valence-corrected chi connectivity index (χ2v) is 13.7. The molecule has 1 unspecified atom stereocenters. The summed E-state index contributed by atoms with van der Waals surface area (Å²) in [6.07, 6.45) is 12.7. The van der Waals surface area contributed by atoms with Crippen LogP contribution in [0.5, 0.6) is 0 Å². The van der Waals surface area contributed by atoms with Crippen LogP contribution >= 0.6 is 0 Å². The van der Waals surface area contributed by atoms with Crippen LogP contribution in [-0.2, 0) is 11.3 Å². The van der Waals surface area contributed by atoms with Gasteiger partial charge in [0.15, 0.2) is 5.43 Å². The van der Waals surface area contributed by atoms with Crippen molar-refractivity contribution in [3.63, 3.8) is 0 Å². The van der Waals surface area contributed by atoms with Crippen LogP contribution in [0.3, 0.4) is 0 Å². The lowest BCUT2D eigenvalue weighted by Crippen LogP contribution is -2.44. The maximum Gasteiger partial charge on any atom is 0.263 e. The molecule has 3 aromatic rings. The van der Waals surface area contributed by atoms with Crippen molar-refractivity contribution >= 4 is 22.3 Å². The summed E-state index contributed by atoms with van der Waals surface area (Å²) in [7, 11) is 3.80. The van der Waals surface area contributed by atoms with Gasteiger partial charge < -0.3 is 24.4 Å². The molecule has 0 amide bonds. The summed E-state index contributed by atoms with van der Waals surface area (Å²) in [6, 6.07) is 7.58. The standard InChI is InChI=1S/C40H47F3N4O2/c1-6-26(2)36(44-39(49-5)40(15-16-40)30-11-9-7-8-10-12-30)32-25-47(24-29-14-13-28(38(42)43)22-33(29)41)35-23-34(27(3)21-31(35)37(32)48)46-19-17-45(4)18-20-46/h7-9,11-14,21-23,25,38-39,44H,6,10,15-20,24H2,1-5H3. The quantitative estimate of drug-likeness (QED) is 0.209. The van der Waals surface area contributed by atoms with E-state index in [1.165, 1.54) is 17.7 Å². The minimum atomic E-state index is -2.77. The van der Waals surface area contributed by atoms with Crippen molar-refractivity contribution < 1.29 is 17.9 Å². The highest BCUT2D eigenvalue weighted by molar-refractivity contribution is 5.88. The lowest BCUT2D eigenvalue weighted by atomic mass is 9.91. The molecule has 1 atom stereocenters. The molecule has 1 aromatic heterocycles. The zero-order valence-electron chi connectivity index (χ0n) is 29.2. The number of alkyl halides is 2. The highest BCUT2D eigenvalue weighted by Crippen LogP contribution is 2.56. The van der Waals surface area contributed by atoms with E-state index in [1.807, 2.05) is 30.5 Å². The smallest absolute Gasteiger partial charge is 0.263 e. The number of hydrogen-bond acceptors (Lipinski definition) is 5. The van der Waals surface area contributed by atoms with E-state index in [4.69, 9.17) is 4.74 Å². The summed E-state index contributed by atoms with van der Waals surface area (Å²) in [5.41, 5.74) is 5.62. The van der Waals surface area contributed by atoms with Crippen molar-refractivity contribution in [1.29, 1.82) is 0 Å². The third kappa shape index (κ3) is 7.01. The Morgan fingerprint density at radius 2 is 1.84 bits per heavy atom. The van der Waals surface area contributed by atoms with Crippen LogP contribution in [-0.4, -0.2) is 56.0 Å². The third-order valence-corrected chi connectivity index (χ3v) is 10.5. The van der Waals surface area contributed by atoms with Crippen molar-refractivity contribution in [3.8, 4) is 0 Å². The average molecular weight is 673 g/mol. The van der Waals surface area contributed by atoms with E-state index < -0.39 is 12.2 Å². The van der Waals surface area contributed by atoms with Gasteiger partial charge in [0.2, 0.25) is 0 Å². The third-order valence-electron chi connectivity index (χ3n) is 10.5. The molecule has 6 nitrogen and oxygen atoms in total. The molecule has 1 aliphatic heterocycles. The number of pyridine rings is 1. The number of nitrogens with one attached hydrogen (secondary N) is 1. The number of halogens is 3. The van der Waals surface area contributed by atoms with E-state index in [9.17, 15) is 13.6 Å². The first-order chi connectivity index (χ1) is 23.6. The molecule has 0 spiro atoms. The van der Waals surface area contributed by atoms with Gasteiger partial charge in [-0.3, -0.25) is 4.79 Å². The van der Waals surface area contributed by atoms with Crippen LogP contribution in [0.4, 0.5) is 18.9 Å². The summed E-state index contributed by atoms with van der Waals surface area (Å²) < 4.78 is 50.2. The lowest BCUT2D eigenvalue weighted by molar-refractivity contribution is 0.0414. The van der Waals surface area contributed by atoms with Gasteiger partial charge in [-0.2, -0.15) is 0 Å². The number of anilines is 1. The van der Waals surface area contributed by atoms with Gasteiger partial charge >= 0.3 is 0 Å². The number of piperazine rings is 1. The van der Waals surface area contributed by atoms with Gasteiger partial charge in [0.25, 0.3) is 6.43 Å². The van der Waals surface area contributed by atoms with Crippen molar-refractivity contribution in [2.75, 3.05) is 45.2 Å². The fourth-order valence-corrected chi connectivity index (χ4v) is 7.19. The summed E-state index contributed by atoms with van der Waals surface area (Å²) in [6.45, 7) is 9.71. The Labute approximate surface area is 287 Å². The van der Waals surface area contributed by atoms with E-state index in [0.717, 1.165) is 68.3 Å². The molecular formula is C40H47F3N4O2. The SMILES string of the molecule is CCC(C)=C(NC(OC)C1(C2=CCC=CC=C2)CC1)c1cn(Cc2ccc(C(F)F)cc2F)c2cc(N3CCN(C)CC3)c(C)cc2c1=O. The molecule has 0 radical (unpaired) electrons. The number of aryl methyl sites for hydroxylation is 1. The fraction of sp³-hybridized carbons (Fsp3) is 0.425. The Morgan fingerprint density at radius 1 is 1.08 bits per heavy atom. The molecule has 1 saturated heterocycles. The van der Waals surface area contributed by atoms with Crippen molar-refractivity contribution in [3.05, 3.63) is 116 Å². The number of rotatable bonds is 11. The summed E-state index contributed by atoms with van der Waals surface area (Å²) in [5, 5.41) is 4.20. The number of ether oxygens (including phenoxy) is 1. The second kappa shape index (κ2) is 14.4. The average Bonchev–Trinajstić information content (AvgIpc) is 3.93. The molecule has 1 N–H and O–H groups in total. The van der Waals surface area contributed by atoms with Gasteiger partial charge in [-0.15, -0.1) is 0 Å². The zero-order valence-corrected chi connectivity index (χ0v) is 29.2. The number of fused-ring (bicyclic) bond motifs is 1. The Morgan fingerprint density at radius 3 is 2.49 bits per heavy atom. The Hall–Kier alpha value is -4.08. The molecule has 6 rings (SSSR count). The van der Waals surface area contributed by atoms with E-state index in [-0.39, 0.29) is 34.7 Å². The first-order valence-corrected chi connectivity index (χ1v) is 17.3. The maximum atomic E-state index is 15.4. The molecule has 1 saturated carbocycles. The molecule has 49 heavy (non-hydrogen) atoms. The predicted octanol–water partition coefficient (Wildman–Crippen LogP) is 8.11. The minimum absolute atomic E-state index is 0.0607. The molecule has 2 aromatic carbocycles. The van der Waals surface area contributed by atoms with Gasteiger partial charge in [-0.05, 0) is 81.5 Å². The monoisotopic (exact) mass is 672 g/mol. The Balaban J connectivity index is 1.49. The van der Waals surface area contributed by atoms with E-state index in [2.05, 4.69) is 59.5 Å². The van der Waals surface area contributed by atoms with Crippen molar-refractivity contribution in [2.24, 2.45) is 5.41 Å². The molecular weight excluding hydrogens is 625 g/mol. The number of allylic oxidation sites excluding steroid dienone is 6. The first-order valence-electron chi connectivity index (χ1n) is 17.3. The summed E-state index contributed by atoms with van der Waals surface area (Å²) in [5.74, 6) is -0.703. The van der Waals surface area contributed by atoms with Gasteiger partial charge in [-0.25, -0.2) is 13.2 Å².